The maximum absolute atomic E-state index is 13.3. The molecule has 0 spiro atoms. The second kappa shape index (κ2) is 8.30. The molecule has 0 bridgehead atoms. The highest BCUT2D eigenvalue weighted by Gasteiger charge is 2.32. The van der Waals surface area contributed by atoms with Crippen molar-refractivity contribution >= 4 is 10.9 Å². The van der Waals surface area contributed by atoms with Crippen LogP contribution in [0.5, 0.6) is 0 Å². The number of pyridine rings is 2. The first-order chi connectivity index (χ1) is 16.3. The number of aromatic amines is 1. The number of hydrogen-bond acceptors (Lipinski definition) is 3. The van der Waals surface area contributed by atoms with Gasteiger partial charge in [-0.2, -0.15) is 18.3 Å². The molecule has 8 heteroatoms. The zero-order chi connectivity index (χ0) is 23.9. The van der Waals surface area contributed by atoms with Crippen LogP contribution in [0.2, 0.25) is 0 Å². The third-order valence-electron chi connectivity index (χ3n) is 5.73. The quantitative estimate of drug-likeness (QED) is 0.367. The highest BCUT2D eigenvalue weighted by molar-refractivity contribution is 5.95. The first-order valence-corrected chi connectivity index (χ1v) is 10.6. The van der Waals surface area contributed by atoms with Crippen LogP contribution in [-0.4, -0.2) is 19.7 Å². The molecular weight excluding hydrogens is 441 g/mol. The first-order valence-electron chi connectivity index (χ1n) is 10.6. The van der Waals surface area contributed by atoms with E-state index in [1.807, 2.05) is 37.3 Å². The van der Waals surface area contributed by atoms with Crippen molar-refractivity contribution in [3.05, 3.63) is 106 Å². The van der Waals surface area contributed by atoms with Gasteiger partial charge in [0.25, 0.3) is 5.56 Å². The molecule has 3 heterocycles. The Balaban J connectivity index is 1.50. The zero-order valence-electron chi connectivity index (χ0n) is 18.1. The molecule has 5 nitrogen and oxygen atoms in total. The highest BCUT2D eigenvalue weighted by Crippen LogP contribution is 2.33. The second-order valence-electron chi connectivity index (χ2n) is 8.05. The number of aryl methyl sites for hydroxylation is 1. The Morgan fingerprint density at radius 1 is 0.941 bits per heavy atom. The van der Waals surface area contributed by atoms with Crippen LogP contribution in [0.15, 0.2) is 83.9 Å². The Bertz CT molecular complexity index is 1570. The lowest BCUT2D eigenvalue weighted by molar-refractivity contribution is -0.138. The fraction of sp³-hybridized carbons (Fsp3) is 0.115. The number of nitrogens with one attached hydrogen (secondary N) is 1. The van der Waals surface area contributed by atoms with E-state index in [1.165, 1.54) is 35.0 Å². The van der Waals surface area contributed by atoms with Crippen LogP contribution < -0.4 is 5.56 Å². The summed E-state index contributed by atoms with van der Waals surface area (Å²) in [5, 5.41) is 8.35. The number of benzene rings is 2. The summed E-state index contributed by atoms with van der Waals surface area (Å²) < 4.78 is 41.2. The maximum atomic E-state index is 13.3. The summed E-state index contributed by atoms with van der Waals surface area (Å²) >= 11 is 0. The predicted molar refractivity (Wildman–Crippen MR) is 124 cm³/mol. The fourth-order valence-corrected chi connectivity index (χ4v) is 4.04. The normalized spacial score (nSPS) is 11.8. The van der Waals surface area contributed by atoms with Crippen LogP contribution in [0.4, 0.5) is 13.2 Å². The molecule has 1 N–H and O–H groups in total. The summed E-state index contributed by atoms with van der Waals surface area (Å²) in [5.41, 5.74) is 3.83. The van der Waals surface area contributed by atoms with Gasteiger partial charge in [0.15, 0.2) is 0 Å². The van der Waals surface area contributed by atoms with Gasteiger partial charge in [-0.15, -0.1) is 0 Å². The Morgan fingerprint density at radius 3 is 2.50 bits per heavy atom. The van der Waals surface area contributed by atoms with Crippen molar-refractivity contribution in [2.24, 2.45) is 0 Å². The average molecular weight is 460 g/mol. The maximum Gasteiger partial charge on any atom is 0.416 e. The molecule has 0 aliphatic heterocycles. The SMILES string of the molecule is Cc1cc(-c2n[nH]c3ccc(-c4ccn(Cc5ccccc5C(F)(F)F)c(=O)c4)cc23)ccn1. The Morgan fingerprint density at radius 2 is 1.74 bits per heavy atom. The van der Waals surface area contributed by atoms with Gasteiger partial charge < -0.3 is 4.57 Å². The van der Waals surface area contributed by atoms with Gasteiger partial charge in [0.05, 0.1) is 17.6 Å². The van der Waals surface area contributed by atoms with Gasteiger partial charge in [-0.3, -0.25) is 14.9 Å². The fourth-order valence-electron chi connectivity index (χ4n) is 4.04. The third kappa shape index (κ3) is 4.10. The minimum Gasteiger partial charge on any atom is -0.311 e. The Kier molecular flexibility index (Phi) is 5.28. The van der Waals surface area contributed by atoms with E-state index in [0.717, 1.165) is 39.5 Å². The van der Waals surface area contributed by atoms with E-state index in [9.17, 15) is 18.0 Å². The monoisotopic (exact) mass is 460 g/mol. The van der Waals surface area contributed by atoms with Crippen molar-refractivity contribution in [3.8, 4) is 22.4 Å². The molecule has 0 unspecified atom stereocenters. The summed E-state index contributed by atoms with van der Waals surface area (Å²) in [6.07, 6.45) is -1.23. The average Bonchev–Trinajstić information content (AvgIpc) is 3.23. The molecule has 3 aromatic heterocycles. The van der Waals surface area contributed by atoms with Crippen LogP contribution in [0.25, 0.3) is 33.3 Å². The molecule has 34 heavy (non-hydrogen) atoms. The Hall–Kier alpha value is -4.20. The number of H-pyrrole nitrogens is 1. The molecule has 170 valence electrons. The topological polar surface area (TPSA) is 63.6 Å². The van der Waals surface area contributed by atoms with Crippen molar-refractivity contribution < 1.29 is 13.2 Å². The second-order valence-corrected chi connectivity index (χ2v) is 8.05. The highest BCUT2D eigenvalue weighted by atomic mass is 19.4. The van der Waals surface area contributed by atoms with E-state index in [0.29, 0.717) is 5.56 Å². The predicted octanol–water partition coefficient (Wildman–Crippen LogP) is 5.83. The summed E-state index contributed by atoms with van der Waals surface area (Å²) in [6, 6.07) is 18.0. The number of nitrogens with zero attached hydrogens (tertiary/aromatic N) is 3. The van der Waals surface area contributed by atoms with Crippen LogP contribution >= 0.6 is 0 Å². The number of hydrogen-bond donors (Lipinski definition) is 1. The standard InChI is InChI=1S/C26H19F3N4O/c1-16-12-19(8-10-30-16)25-21-13-17(6-7-23(21)31-32-25)18-9-11-33(24(34)14-18)15-20-4-2-3-5-22(20)26(27,28)29/h2-14H,15H2,1H3,(H,31,32). The van der Waals surface area contributed by atoms with Crippen molar-refractivity contribution in [1.82, 2.24) is 19.7 Å². The minimum absolute atomic E-state index is 0.0435. The third-order valence-corrected chi connectivity index (χ3v) is 5.73. The van der Waals surface area contributed by atoms with Gasteiger partial charge >= 0.3 is 6.18 Å². The first kappa shape index (κ1) is 21.6. The molecule has 0 saturated carbocycles. The zero-order valence-corrected chi connectivity index (χ0v) is 18.1. The lowest BCUT2D eigenvalue weighted by Crippen LogP contribution is -2.21. The van der Waals surface area contributed by atoms with Crippen molar-refractivity contribution in [2.45, 2.75) is 19.6 Å². The van der Waals surface area contributed by atoms with Gasteiger partial charge in [-0.25, -0.2) is 0 Å². The molecule has 2 aromatic carbocycles. The molecular formula is C26H19F3N4O. The van der Waals surface area contributed by atoms with E-state index in [4.69, 9.17) is 0 Å². The summed E-state index contributed by atoms with van der Waals surface area (Å²) in [6.45, 7) is 1.74. The molecule has 0 amide bonds. The number of alkyl halides is 3. The molecule has 0 aliphatic carbocycles. The molecule has 5 rings (SSSR count). The largest absolute Gasteiger partial charge is 0.416 e. The van der Waals surface area contributed by atoms with Crippen LogP contribution in [-0.2, 0) is 12.7 Å². The van der Waals surface area contributed by atoms with Gasteiger partial charge in [0, 0.05) is 35.1 Å². The van der Waals surface area contributed by atoms with E-state index in [-0.39, 0.29) is 17.7 Å². The van der Waals surface area contributed by atoms with E-state index < -0.39 is 11.7 Å². The minimum atomic E-state index is -4.48. The van der Waals surface area contributed by atoms with Gasteiger partial charge in [0.1, 0.15) is 5.69 Å². The molecule has 0 saturated heterocycles. The van der Waals surface area contributed by atoms with Crippen molar-refractivity contribution in [2.75, 3.05) is 0 Å². The lowest BCUT2D eigenvalue weighted by atomic mass is 10.0. The van der Waals surface area contributed by atoms with Gasteiger partial charge in [0.2, 0.25) is 0 Å². The molecule has 0 radical (unpaired) electrons. The van der Waals surface area contributed by atoms with Crippen molar-refractivity contribution in [3.63, 3.8) is 0 Å². The number of fused-ring (bicyclic) bond motifs is 1. The van der Waals surface area contributed by atoms with Crippen molar-refractivity contribution in [1.29, 1.82) is 0 Å². The van der Waals surface area contributed by atoms with Crippen LogP contribution in [0, 0.1) is 6.92 Å². The van der Waals surface area contributed by atoms with E-state index >= 15 is 0 Å². The smallest absolute Gasteiger partial charge is 0.311 e. The van der Waals surface area contributed by atoms with E-state index in [1.54, 1.807) is 12.3 Å². The van der Waals surface area contributed by atoms with Gasteiger partial charge in [-0.05, 0) is 60.0 Å². The molecule has 5 aromatic rings. The summed E-state index contributed by atoms with van der Waals surface area (Å²) in [7, 11) is 0. The number of halogens is 3. The summed E-state index contributed by atoms with van der Waals surface area (Å²) in [4.78, 5) is 17.0. The lowest BCUT2D eigenvalue weighted by Gasteiger charge is -2.14. The Labute approximate surface area is 192 Å². The van der Waals surface area contributed by atoms with E-state index in [2.05, 4.69) is 15.2 Å². The summed E-state index contributed by atoms with van der Waals surface area (Å²) in [5.74, 6) is 0. The van der Waals surface area contributed by atoms with Gasteiger partial charge in [-0.1, -0.05) is 24.3 Å². The molecule has 0 fully saturated rings. The number of aromatic nitrogens is 4. The molecule has 0 aliphatic rings. The van der Waals surface area contributed by atoms with Crippen LogP contribution in [0.1, 0.15) is 16.8 Å². The number of rotatable bonds is 4. The molecule has 0 atom stereocenters. The van der Waals surface area contributed by atoms with Crippen LogP contribution in [0.3, 0.4) is 0 Å².